The number of ether oxygens (including phenoxy) is 3. The summed E-state index contributed by atoms with van der Waals surface area (Å²) in [6, 6.07) is 14.8. The summed E-state index contributed by atoms with van der Waals surface area (Å²) in [7, 11) is 4.98. The van der Waals surface area contributed by atoms with E-state index in [1.807, 2.05) is 24.3 Å². The van der Waals surface area contributed by atoms with Gasteiger partial charge in [0.15, 0.2) is 6.10 Å². The summed E-state index contributed by atoms with van der Waals surface area (Å²) < 4.78 is 16.1. The minimum atomic E-state index is -0.585. The number of methoxy groups -OCH3 is 2. The van der Waals surface area contributed by atoms with Crippen LogP contribution in [0.25, 0.3) is 0 Å². The van der Waals surface area contributed by atoms with Crippen molar-refractivity contribution in [3.05, 3.63) is 54.1 Å². The Morgan fingerprint density at radius 3 is 2.25 bits per heavy atom. The fourth-order valence-electron chi connectivity index (χ4n) is 2.39. The first-order valence-electron chi connectivity index (χ1n) is 7.72. The maximum Gasteiger partial charge on any atom is 0.263 e. The molecule has 0 aromatic heterocycles. The molecule has 5 nitrogen and oxygen atoms in total. The van der Waals surface area contributed by atoms with Crippen LogP contribution in [0.4, 0.5) is 0 Å². The van der Waals surface area contributed by atoms with Gasteiger partial charge in [0, 0.05) is 19.2 Å². The maximum atomic E-state index is 12.5. The zero-order valence-electron chi connectivity index (χ0n) is 14.5. The highest BCUT2D eigenvalue weighted by Crippen LogP contribution is 2.21. The molecule has 128 valence electrons. The van der Waals surface area contributed by atoms with Crippen molar-refractivity contribution in [2.24, 2.45) is 0 Å². The Kier molecular flexibility index (Phi) is 6.07. The van der Waals surface area contributed by atoms with Crippen LogP contribution in [0.5, 0.6) is 17.2 Å². The lowest BCUT2D eigenvalue weighted by molar-refractivity contribution is -0.137. The van der Waals surface area contributed by atoms with Gasteiger partial charge in [-0.2, -0.15) is 0 Å². The number of amides is 1. The fourth-order valence-corrected chi connectivity index (χ4v) is 2.39. The smallest absolute Gasteiger partial charge is 0.263 e. The van der Waals surface area contributed by atoms with Gasteiger partial charge in [-0.25, -0.2) is 0 Å². The van der Waals surface area contributed by atoms with Crippen molar-refractivity contribution in [2.75, 3.05) is 21.3 Å². The fraction of sp³-hybridized carbons (Fsp3) is 0.316. The number of hydrogen-bond donors (Lipinski definition) is 0. The first-order chi connectivity index (χ1) is 11.5. The second kappa shape index (κ2) is 8.24. The molecule has 2 rings (SSSR count). The van der Waals surface area contributed by atoms with Gasteiger partial charge in [0.1, 0.15) is 17.2 Å². The summed E-state index contributed by atoms with van der Waals surface area (Å²) in [5.74, 6) is 2.04. The Balaban J connectivity index is 1.98. The molecule has 1 amide bonds. The van der Waals surface area contributed by atoms with Gasteiger partial charge in [-0.1, -0.05) is 18.2 Å². The van der Waals surface area contributed by atoms with Crippen LogP contribution in [-0.4, -0.2) is 38.2 Å². The monoisotopic (exact) mass is 329 g/mol. The average molecular weight is 329 g/mol. The second-order valence-electron chi connectivity index (χ2n) is 5.44. The van der Waals surface area contributed by atoms with Gasteiger partial charge < -0.3 is 19.1 Å². The van der Waals surface area contributed by atoms with Gasteiger partial charge in [-0.05, 0) is 37.3 Å². The molecule has 0 bridgehead atoms. The van der Waals surface area contributed by atoms with Crippen molar-refractivity contribution in [3.8, 4) is 17.2 Å². The number of rotatable bonds is 7. The molecule has 5 heteroatoms. The number of benzene rings is 2. The zero-order valence-corrected chi connectivity index (χ0v) is 14.5. The van der Waals surface area contributed by atoms with Crippen molar-refractivity contribution in [1.29, 1.82) is 0 Å². The Morgan fingerprint density at radius 1 is 1.00 bits per heavy atom. The molecule has 0 heterocycles. The summed E-state index contributed by atoms with van der Waals surface area (Å²) in [6.07, 6.45) is -0.585. The van der Waals surface area contributed by atoms with E-state index >= 15 is 0 Å². The van der Waals surface area contributed by atoms with Crippen LogP contribution in [0.3, 0.4) is 0 Å². The van der Waals surface area contributed by atoms with Crippen LogP contribution >= 0.6 is 0 Å². The van der Waals surface area contributed by atoms with Crippen molar-refractivity contribution in [2.45, 2.75) is 19.6 Å². The predicted molar refractivity (Wildman–Crippen MR) is 92.6 cm³/mol. The first-order valence-corrected chi connectivity index (χ1v) is 7.72. The Morgan fingerprint density at radius 2 is 1.62 bits per heavy atom. The molecule has 0 radical (unpaired) electrons. The summed E-state index contributed by atoms with van der Waals surface area (Å²) in [5, 5.41) is 0. The highest BCUT2D eigenvalue weighted by molar-refractivity contribution is 5.80. The Hall–Kier alpha value is -2.69. The van der Waals surface area contributed by atoms with E-state index in [4.69, 9.17) is 14.2 Å². The Bertz CT molecular complexity index is 669. The number of para-hydroxylation sites is 1. The molecule has 0 saturated heterocycles. The molecular weight excluding hydrogens is 306 g/mol. The lowest BCUT2D eigenvalue weighted by atomic mass is 10.2. The number of carbonyl (C=O) groups excluding carboxylic acids is 1. The van der Waals surface area contributed by atoms with Crippen LogP contribution in [0.15, 0.2) is 48.5 Å². The van der Waals surface area contributed by atoms with Crippen molar-refractivity contribution in [3.63, 3.8) is 0 Å². The minimum absolute atomic E-state index is 0.100. The lowest BCUT2D eigenvalue weighted by Gasteiger charge is -2.23. The number of carbonyl (C=O) groups is 1. The molecule has 24 heavy (non-hydrogen) atoms. The van der Waals surface area contributed by atoms with E-state index in [-0.39, 0.29) is 5.91 Å². The Labute approximate surface area is 142 Å². The van der Waals surface area contributed by atoms with Gasteiger partial charge in [0.2, 0.25) is 0 Å². The quantitative estimate of drug-likeness (QED) is 0.783. The van der Waals surface area contributed by atoms with Crippen molar-refractivity contribution in [1.82, 2.24) is 4.90 Å². The normalized spacial score (nSPS) is 11.5. The molecule has 0 unspecified atom stereocenters. The SMILES string of the molecule is COc1ccc(O[C@H](C)C(=O)N(C)Cc2ccccc2OC)cc1. The van der Waals surface area contributed by atoms with Crippen LogP contribution in [-0.2, 0) is 11.3 Å². The van der Waals surface area contributed by atoms with E-state index in [0.717, 1.165) is 17.1 Å². The van der Waals surface area contributed by atoms with Crippen LogP contribution in [0.2, 0.25) is 0 Å². The molecule has 0 aliphatic rings. The topological polar surface area (TPSA) is 48.0 Å². The van der Waals surface area contributed by atoms with Crippen molar-refractivity contribution < 1.29 is 19.0 Å². The van der Waals surface area contributed by atoms with Gasteiger partial charge in [0.05, 0.1) is 14.2 Å². The molecule has 0 N–H and O–H groups in total. The van der Waals surface area contributed by atoms with Gasteiger partial charge in [-0.15, -0.1) is 0 Å². The molecule has 0 aliphatic carbocycles. The van der Waals surface area contributed by atoms with E-state index in [1.165, 1.54) is 0 Å². The third-order valence-corrected chi connectivity index (χ3v) is 3.70. The third-order valence-electron chi connectivity index (χ3n) is 3.70. The predicted octanol–water partition coefficient (Wildman–Crippen LogP) is 3.13. The minimum Gasteiger partial charge on any atom is -0.497 e. The molecule has 0 aliphatic heterocycles. The molecular formula is C19H23NO4. The third kappa shape index (κ3) is 4.41. The second-order valence-corrected chi connectivity index (χ2v) is 5.44. The van der Waals surface area contributed by atoms with Crippen LogP contribution < -0.4 is 14.2 Å². The van der Waals surface area contributed by atoms with E-state index in [1.54, 1.807) is 57.4 Å². The van der Waals surface area contributed by atoms with Crippen LogP contribution in [0, 0.1) is 0 Å². The van der Waals surface area contributed by atoms with E-state index < -0.39 is 6.10 Å². The highest BCUT2D eigenvalue weighted by Gasteiger charge is 2.20. The molecule has 0 fully saturated rings. The standard InChI is InChI=1S/C19H23NO4/c1-14(24-17-11-9-16(22-3)10-12-17)19(21)20(2)13-15-7-5-6-8-18(15)23-4/h5-12,14H,13H2,1-4H3/t14-/m1/s1. The molecule has 1 atom stereocenters. The molecule has 0 saturated carbocycles. The van der Waals surface area contributed by atoms with E-state index in [0.29, 0.717) is 12.3 Å². The van der Waals surface area contributed by atoms with Crippen molar-refractivity contribution >= 4 is 5.91 Å². The summed E-state index contributed by atoms with van der Waals surface area (Å²) in [5.41, 5.74) is 0.951. The summed E-state index contributed by atoms with van der Waals surface area (Å²) in [6.45, 7) is 2.20. The van der Waals surface area contributed by atoms with E-state index in [2.05, 4.69) is 0 Å². The highest BCUT2D eigenvalue weighted by atomic mass is 16.5. The number of likely N-dealkylation sites (N-methyl/N-ethyl adjacent to an activating group) is 1. The largest absolute Gasteiger partial charge is 0.497 e. The number of nitrogens with zero attached hydrogens (tertiary/aromatic N) is 1. The number of hydrogen-bond acceptors (Lipinski definition) is 4. The maximum absolute atomic E-state index is 12.5. The van der Waals surface area contributed by atoms with Gasteiger partial charge >= 0.3 is 0 Å². The summed E-state index contributed by atoms with van der Waals surface area (Å²) in [4.78, 5) is 14.1. The van der Waals surface area contributed by atoms with E-state index in [9.17, 15) is 4.79 Å². The van der Waals surface area contributed by atoms with Gasteiger partial charge in [0.25, 0.3) is 5.91 Å². The summed E-state index contributed by atoms with van der Waals surface area (Å²) >= 11 is 0. The lowest BCUT2D eigenvalue weighted by Crippen LogP contribution is -2.37. The average Bonchev–Trinajstić information content (AvgIpc) is 2.62. The molecule has 2 aromatic carbocycles. The van der Waals surface area contributed by atoms with Crippen LogP contribution in [0.1, 0.15) is 12.5 Å². The van der Waals surface area contributed by atoms with Gasteiger partial charge in [-0.3, -0.25) is 4.79 Å². The first kappa shape index (κ1) is 17.7. The zero-order chi connectivity index (χ0) is 17.5. The molecule has 0 spiro atoms. The molecule has 2 aromatic rings.